The van der Waals surface area contributed by atoms with Crippen molar-refractivity contribution in [3.05, 3.63) is 93.4 Å². The molecule has 1 N–H and O–H groups in total. The van der Waals surface area contributed by atoms with E-state index in [1.165, 1.54) is 17.7 Å². The van der Waals surface area contributed by atoms with Gasteiger partial charge in [0.1, 0.15) is 6.61 Å². The van der Waals surface area contributed by atoms with Crippen LogP contribution in [0.4, 0.5) is 5.69 Å². The topological polar surface area (TPSA) is 106 Å². The lowest BCUT2D eigenvalue weighted by Crippen LogP contribution is -2.28. The molecule has 0 atom stereocenters. The number of hydrogen-bond donors (Lipinski definition) is 2. The van der Waals surface area contributed by atoms with Crippen molar-refractivity contribution in [2.75, 3.05) is 4.31 Å². The number of anilines is 1. The van der Waals surface area contributed by atoms with Gasteiger partial charge < -0.3 is 14.4 Å². The third kappa shape index (κ3) is 4.95. The molecule has 8 nitrogen and oxygen atoms in total. The minimum absolute atomic E-state index is 0.0253. The molecular weight excluding hydrogens is 420 g/mol. The Balaban J connectivity index is 2.01. The number of ether oxygens (including phenoxy) is 1. The van der Waals surface area contributed by atoms with Crippen LogP contribution in [0, 0.1) is 6.92 Å². The Bertz CT molecular complexity index is 1230. The van der Waals surface area contributed by atoms with Crippen LogP contribution >= 0.6 is 0 Å². The first-order valence-corrected chi connectivity index (χ1v) is 10.5. The van der Waals surface area contributed by atoms with E-state index in [1.54, 1.807) is 43.3 Å². The number of thiol groups is 1. The van der Waals surface area contributed by atoms with Crippen molar-refractivity contribution in [2.24, 2.45) is 7.05 Å². The molecule has 0 spiro atoms. The quantitative estimate of drug-likeness (QED) is 0.519. The summed E-state index contributed by atoms with van der Waals surface area (Å²) in [6.07, 6.45) is 0. The molecule has 3 rings (SSSR count). The number of aryl methyl sites for hydroxylation is 1. The van der Waals surface area contributed by atoms with Gasteiger partial charge in [-0.3, -0.25) is 9.10 Å². The highest BCUT2D eigenvalue weighted by molar-refractivity contribution is 7.74. The lowest BCUT2D eigenvalue weighted by atomic mass is 10.2. The van der Waals surface area contributed by atoms with Crippen LogP contribution in [0.2, 0.25) is 0 Å². The Morgan fingerprint density at radius 1 is 1.10 bits per heavy atom. The molecule has 0 aliphatic carbocycles. The number of para-hydroxylation sites is 1. The highest BCUT2D eigenvalue weighted by Gasteiger charge is 2.23. The van der Waals surface area contributed by atoms with E-state index in [2.05, 4.69) is 0 Å². The lowest BCUT2D eigenvalue weighted by molar-refractivity contribution is 0.0678. The van der Waals surface area contributed by atoms with E-state index < -0.39 is 22.3 Å². The van der Waals surface area contributed by atoms with E-state index in [4.69, 9.17) is 4.74 Å². The molecule has 1 heterocycles. The maximum atomic E-state index is 12.7. The van der Waals surface area contributed by atoms with Crippen molar-refractivity contribution >= 4 is 22.5 Å². The van der Waals surface area contributed by atoms with Gasteiger partial charge in [0.15, 0.2) is 11.4 Å². The zero-order chi connectivity index (χ0) is 22.5. The molecule has 0 unspecified atom stereocenters. The summed E-state index contributed by atoms with van der Waals surface area (Å²) in [4.78, 5) is 24.7. The molecule has 31 heavy (non-hydrogen) atoms. The first-order valence-electron chi connectivity index (χ1n) is 9.40. The molecule has 0 amide bonds. The van der Waals surface area contributed by atoms with E-state index in [0.717, 1.165) is 15.4 Å². The summed E-state index contributed by atoms with van der Waals surface area (Å²) < 4.78 is 31.8. The van der Waals surface area contributed by atoms with Crippen LogP contribution in [-0.2, 0) is 31.1 Å². The molecule has 0 aliphatic rings. The van der Waals surface area contributed by atoms with E-state index in [-0.39, 0.29) is 30.3 Å². The zero-order valence-electron chi connectivity index (χ0n) is 17.0. The molecule has 0 saturated heterocycles. The molecule has 9 heteroatoms. The van der Waals surface area contributed by atoms with Crippen LogP contribution in [0.15, 0.2) is 65.5 Å². The Kier molecular flexibility index (Phi) is 6.76. The molecule has 0 bridgehead atoms. The van der Waals surface area contributed by atoms with Crippen molar-refractivity contribution < 1.29 is 23.1 Å². The number of carboxylic acid groups (broad SMARTS) is 1. The zero-order valence-corrected chi connectivity index (χ0v) is 17.9. The first kappa shape index (κ1) is 22.1. The maximum absolute atomic E-state index is 12.7. The van der Waals surface area contributed by atoms with Crippen molar-refractivity contribution in [2.45, 2.75) is 20.1 Å². The number of pyridine rings is 1. The number of benzene rings is 2. The van der Waals surface area contributed by atoms with E-state index >= 15 is 0 Å². The van der Waals surface area contributed by atoms with Crippen LogP contribution in [0.5, 0.6) is 5.75 Å². The second-order valence-electron chi connectivity index (χ2n) is 6.90. The molecule has 1 aromatic heterocycles. The summed E-state index contributed by atoms with van der Waals surface area (Å²) in [5.74, 6) is -1.64. The van der Waals surface area contributed by atoms with Gasteiger partial charge in [0.05, 0.1) is 12.2 Å². The summed E-state index contributed by atoms with van der Waals surface area (Å²) >= 11 is 0. The van der Waals surface area contributed by atoms with Crippen molar-refractivity contribution in [3.8, 4) is 5.75 Å². The number of nitrogens with zero attached hydrogens (tertiary/aromatic N) is 2. The van der Waals surface area contributed by atoms with Crippen molar-refractivity contribution in [3.63, 3.8) is 0 Å². The van der Waals surface area contributed by atoms with Gasteiger partial charge in [0.25, 0.3) is 0 Å². The van der Waals surface area contributed by atoms with E-state index in [9.17, 15) is 23.1 Å². The average Bonchev–Trinajstić information content (AvgIpc) is 2.73. The number of carboxylic acids is 1. The monoisotopic (exact) mass is 442 g/mol. The van der Waals surface area contributed by atoms with Gasteiger partial charge in [-0.25, -0.2) is 13.2 Å². The van der Waals surface area contributed by atoms with Crippen molar-refractivity contribution in [1.82, 2.24) is 4.57 Å². The van der Waals surface area contributed by atoms with Gasteiger partial charge in [-0.05, 0) is 24.1 Å². The van der Waals surface area contributed by atoms with E-state index in [0.29, 0.717) is 5.69 Å². The smallest absolute Gasteiger partial charge is 0.356 e. The third-order valence-electron chi connectivity index (χ3n) is 4.83. The highest BCUT2D eigenvalue weighted by atomic mass is 32.2. The third-order valence-corrected chi connectivity index (χ3v) is 5.58. The summed E-state index contributed by atoms with van der Waals surface area (Å²) in [5.41, 5.74) is 1.20. The van der Waals surface area contributed by atoms with Gasteiger partial charge in [-0.2, -0.15) is 0 Å². The average molecular weight is 442 g/mol. The van der Waals surface area contributed by atoms with Crippen LogP contribution in [0.3, 0.4) is 0 Å². The normalized spacial score (nSPS) is 10.8. The SMILES string of the molecule is Cc1ccccc1N(Cc1cc(=O)c(OCc2ccccc2)c(C(=O)O)n1C)[SH](=O)=O. The molecule has 0 radical (unpaired) electrons. The highest BCUT2D eigenvalue weighted by Crippen LogP contribution is 2.23. The van der Waals surface area contributed by atoms with E-state index in [1.807, 2.05) is 18.2 Å². The summed E-state index contributed by atoms with van der Waals surface area (Å²) in [6.45, 7) is 1.59. The molecule has 162 valence electrons. The standard InChI is InChI=1S/C22H22N2O6S/c1-15-8-6-7-11-18(15)24(31(28)29)13-17-12-19(25)21(20(22(26)27)23(17)2)30-14-16-9-4-3-5-10-16/h3-12,31H,13-14H2,1-2H3,(H,26,27). The lowest BCUT2D eigenvalue weighted by Gasteiger charge is -2.22. The van der Waals surface area contributed by atoms with Gasteiger partial charge >= 0.3 is 5.97 Å². The molecule has 0 fully saturated rings. The Morgan fingerprint density at radius 3 is 2.35 bits per heavy atom. The van der Waals surface area contributed by atoms with Gasteiger partial charge in [0, 0.05) is 18.8 Å². The van der Waals surface area contributed by atoms with Gasteiger partial charge in [-0.15, -0.1) is 0 Å². The first-order chi connectivity index (χ1) is 14.8. The van der Waals surface area contributed by atoms with Crippen LogP contribution < -0.4 is 14.5 Å². The largest absolute Gasteiger partial charge is 0.482 e. The second kappa shape index (κ2) is 9.48. The Morgan fingerprint density at radius 2 is 1.74 bits per heavy atom. The minimum atomic E-state index is -3.03. The molecule has 0 aliphatic heterocycles. The number of hydrogen-bond acceptors (Lipinski definition) is 5. The number of aromatic carboxylic acids is 1. The Labute approximate surface area is 181 Å². The predicted molar refractivity (Wildman–Crippen MR) is 117 cm³/mol. The minimum Gasteiger partial charge on any atom is -0.482 e. The number of carbonyl (C=O) groups is 1. The molecule has 2 aromatic carbocycles. The summed E-state index contributed by atoms with van der Waals surface area (Å²) in [6, 6.07) is 17.1. The molecule has 3 aromatic rings. The fraction of sp³-hybridized carbons (Fsp3) is 0.182. The van der Waals surface area contributed by atoms with Crippen LogP contribution in [0.1, 0.15) is 27.3 Å². The number of aromatic nitrogens is 1. The summed E-state index contributed by atoms with van der Waals surface area (Å²) in [5, 5.41) is 9.72. The summed E-state index contributed by atoms with van der Waals surface area (Å²) in [7, 11) is -1.57. The maximum Gasteiger partial charge on any atom is 0.356 e. The molecular formula is C22H22N2O6S. The van der Waals surface area contributed by atoms with Gasteiger partial charge in [0.2, 0.25) is 16.3 Å². The Hall–Kier alpha value is -3.59. The predicted octanol–water partition coefficient (Wildman–Crippen LogP) is 2.50. The van der Waals surface area contributed by atoms with Crippen LogP contribution in [-0.4, -0.2) is 24.1 Å². The van der Waals surface area contributed by atoms with Gasteiger partial charge in [-0.1, -0.05) is 48.5 Å². The van der Waals surface area contributed by atoms with Crippen molar-refractivity contribution in [1.29, 1.82) is 0 Å². The fourth-order valence-electron chi connectivity index (χ4n) is 3.23. The fourth-order valence-corrected chi connectivity index (χ4v) is 3.89. The molecule has 0 saturated carbocycles. The van der Waals surface area contributed by atoms with Crippen LogP contribution in [0.25, 0.3) is 0 Å². The second-order valence-corrected chi connectivity index (χ2v) is 7.86. The number of rotatable bonds is 8.